The molecule has 1 aliphatic heterocycles. The van der Waals surface area contributed by atoms with Gasteiger partial charge in [-0.1, -0.05) is 48.5 Å². The summed E-state index contributed by atoms with van der Waals surface area (Å²) >= 11 is 0. The SMILES string of the molecule is CC1=NN(c2ccccc2)C(O)C1N=Nc1ccc(-c2ccc(N=Nc3c(C)[nH]n(-c4ccccc4)c3=O)cc2S(=O)(=O)O)c(C)c1. The molecular formula is C33H30N8O5S. The van der Waals surface area contributed by atoms with Crippen LogP contribution in [0, 0.1) is 13.8 Å². The Morgan fingerprint density at radius 3 is 2.04 bits per heavy atom. The molecule has 0 amide bonds. The lowest BCUT2D eigenvalue weighted by Crippen LogP contribution is -2.35. The van der Waals surface area contributed by atoms with E-state index in [1.807, 2.05) is 36.4 Å². The second-order valence-electron chi connectivity index (χ2n) is 10.9. The van der Waals surface area contributed by atoms with Crippen LogP contribution in [0.1, 0.15) is 18.2 Å². The molecule has 0 fully saturated rings. The zero-order valence-electron chi connectivity index (χ0n) is 25.6. The van der Waals surface area contributed by atoms with Gasteiger partial charge in [-0.3, -0.25) is 14.4 Å². The minimum atomic E-state index is -4.69. The molecule has 1 aliphatic rings. The maximum atomic E-state index is 13.0. The predicted octanol–water partition coefficient (Wildman–Crippen LogP) is 6.78. The molecule has 3 N–H and O–H groups in total. The fourth-order valence-corrected chi connectivity index (χ4v) is 5.97. The van der Waals surface area contributed by atoms with Crippen LogP contribution in [0.25, 0.3) is 16.8 Å². The van der Waals surface area contributed by atoms with Crippen LogP contribution in [-0.4, -0.2) is 45.8 Å². The molecule has 1 aromatic heterocycles. The molecule has 0 radical (unpaired) electrons. The highest BCUT2D eigenvalue weighted by molar-refractivity contribution is 7.86. The lowest BCUT2D eigenvalue weighted by molar-refractivity contribution is 0.170. The van der Waals surface area contributed by atoms with Gasteiger partial charge in [-0.2, -0.15) is 28.9 Å². The third-order valence-electron chi connectivity index (χ3n) is 7.61. The minimum Gasteiger partial charge on any atom is -0.369 e. The number of hydrazone groups is 1. The van der Waals surface area contributed by atoms with Gasteiger partial charge in [0.05, 0.1) is 34.2 Å². The summed E-state index contributed by atoms with van der Waals surface area (Å²) in [6, 6.07) is 26.8. The minimum absolute atomic E-state index is 0.0614. The first-order valence-corrected chi connectivity index (χ1v) is 15.9. The standard InChI is InChI=1S/C33H30N8O5S/c1-20-18-23(34-36-30-21(2)38-40(32(30)42)25-10-6-4-7-11-25)14-16-27(20)28-17-15-24(19-29(28)47(44,45)46)35-37-31-22(3)39-41(33(31)43)26-12-8-5-9-13-26/h4-19,30,32,39,42H,1-3H3,(H,44,45,46). The maximum Gasteiger partial charge on any atom is 0.299 e. The van der Waals surface area contributed by atoms with E-state index in [0.717, 1.165) is 5.69 Å². The number of benzene rings is 4. The van der Waals surface area contributed by atoms with Gasteiger partial charge in [-0.15, -0.1) is 5.11 Å². The van der Waals surface area contributed by atoms with Gasteiger partial charge in [0.2, 0.25) is 0 Å². The highest BCUT2D eigenvalue weighted by Crippen LogP contribution is 2.35. The molecule has 0 spiro atoms. The summed E-state index contributed by atoms with van der Waals surface area (Å²) in [5.74, 6) is 0. The number of aromatic nitrogens is 2. The molecule has 4 aromatic carbocycles. The third-order valence-corrected chi connectivity index (χ3v) is 8.50. The number of aliphatic hydroxyl groups excluding tert-OH is 1. The third kappa shape index (κ3) is 6.42. The van der Waals surface area contributed by atoms with Crippen molar-refractivity contribution in [1.82, 2.24) is 9.78 Å². The van der Waals surface area contributed by atoms with Crippen molar-refractivity contribution < 1.29 is 18.1 Å². The van der Waals surface area contributed by atoms with Crippen LogP contribution in [0.3, 0.4) is 0 Å². The Morgan fingerprint density at radius 2 is 1.40 bits per heavy atom. The molecule has 0 aliphatic carbocycles. The molecule has 14 heteroatoms. The zero-order chi connectivity index (χ0) is 33.3. The number of nitrogens with one attached hydrogen (secondary N) is 1. The molecule has 0 saturated heterocycles. The summed E-state index contributed by atoms with van der Waals surface area (Å²) in [5, 5.41) is 36.6. The Balaban J connectivity index is 1.25. The highest BCUT2D eigenvalue weighted by Gasteiger charge is 2.34. The molecule has 13 nitrogen and oxygen atoms in total. The van der Waals surface area contributed by atoms with E-state index in [4.69, 9.17) is 0 Å². The Morgan fingerprint density at radius 1 is 0.787 bits per heavy atom. The van der Waals surface area contributed by atoms with E-state index in [1.165, 1.54) is 21.8 Å². The number of aromatic amines is 1. The van der Waals surface area contributed by atoms with Gasteiger partial charge in [0.25, 0.3) is 15.7 Å². The number of para-hydroxylation sites is 2. The van der Waals surface area contributed by atoms with Crippen LogP contribution in [0.5, 0.6) is 0 Å². The molecule has 2 unspecified atom stereocenters. The first-order chi connectivity index (χ1) is 22.5. The highest BCUT2D eigenvalue weighted by atomic mass is 32.2. The lowest BCUT2D eigenvalue weighted by atomic mass is 9.99. The average Bonchev–Trinajstić information content (AvgIpc) is 3.51. The second-order valence-corrected chi connectivity index (χ2v) is 12.3. The van der Waals surface area contributed by atoms with Gasteiger partial charge in [0.15, 0.2) is 18.0 Å². The second kappa shape index (κ2) is 12.7. The van der Waals surface area contributed by atoms with Crippen LogP contribution in [-0.2, 0) is 10.1 Å². The van der Waals surface area contributed by atoms with Gasteiger partial charge >= 0.3 is 0 Å². The maximum absolute atomic E-state index is 13.0. The molecule has 6 rings (SSSR count). The lowest BCUT2D eigenvalue weighted by Gasteiger charge is -2.20. The Bertz CT molecular complexity index is 2210. The summed E-state index contributed by atoms with van der Waals surface area (Å²) in [6.45, 7) is 5.22. The zero-order valence-corrected chi connectivity index (χ0v) is 26.4. The molecule has 2 atom stereocenters. The van der Waals surface area contributed by atoms with Crippen molar-refractivity contribution in [1.29, 1.82) is 0 Å². The average molecular weight is 651 g/mol. The quantitative estimate of drug-likeness (QED) is 0.123. The van der Waals surface area contributed by atoms with E-state index in [2.05, 4.69) is 30.7 Å². The van der Waals surface area contributed by atoms with E-state index in [0.29, 0.717) is 33.9 Å². The van der Waals surface area contributed by atoms with Gasteiger partial charge in [-0.05, 0) is 80.4 Å². The van der Waals surface area contributed by atoms with Crippen molar-refractivity contribution in [3.63, 3.8) is 0 Å². The van der Waals surface area contributed by atoms with Gasteiger partial charge < -0.3 is 5.11 Å². The van der Waals surface area contributed by atoms with Crippen molar-refractivity contribution in [3.05, 3.63) is 119 Å². The summed E-state index contributed by atoms with van der Waals surface area (Å²) in [7, 11) is -4.69. The number of aryl methyl sites for hydroxylation is 2. The first kappa shape index (κ1) is 31.4. The predicted molar refractivity (Wildman–Crippen MR) is 178 cm³/mol. The smallest absolute Gasteiger partial charge is 0.299 e. The van der Waals surface area contributed by atoms with Crippen molar-refractivity contribution in [2.45, 2.75) is 37.9 Å². The number of azo groups is 2. The monoisotopic (exact) mass is 650 g/mol. The van der Waals surface area contributed by atoms with E-state index < -0.39 is 27.9 Å². The summed E-state index contributed by atoms with van der Waals surface area (Å²) in [6.07, 6.45) is -1.03. The summed E-state index contributed by atoms with van der Waals surface area (Å²) in [5.41, 5.74) is 4.09. The Kier molecular flexibility index (Phi) is 8.47. The Hall–Kier alpha value is -5.57. The molecule has 0 saturated carbocycles. The number of aliphatic hydroxyl groups is 1. The fraction of sp³-hybridized carbons (Fsp3) is 0.152. The molecule has 0 bridgehead atoms. The van der Waals surface area contributed by atoms with Crippen molar-refractivity contribution in [2.24, 2.45) is 25.6 Å². The van der Waals surface area contributed by atoms with Crippen molar-refractivity contribution >= 4 is 38.6 Å². The van der Waals surface area contributed by atoms with Gasteiger partial charge in [0, 0.05) is 5.56 Å². The normalized spacial score (nSPS) is 16.8. The first-order valence-electron chi connectivity index (χ1n) is 14.5. The fourth-order valence-electron chi connectivity index (χ4n) is 5.24. The van der Waals surface area contributed by atoms with Crippen LogP contribution in [0.15, 0.2) is 132 Å². The molecule has 2 heterocycles. The van der Waals surface area contributed by atoms with Crippen LogP contribution in [0.4, 0.5) is 22.7 Å². The van der Waals surface area contributed by atoms with E-state index in [9.17, 15) is 22.9 Å². The molecule has 47 heavy (non-hydrogen) atoms. The van der Waals surface area contributed by atoms with Crippen molar-refractivity contribution in [2.75, 3.05) is 5.01 Å². The summed E-state index contributed by atoms with van der Waals surface area (Å²) < 4.78 is 36.5. The van der Waals surface area contributed by atoms with E-state index in [-0.39, 0.29) is 21.8 Å². The molecule has 238 valence electrons. The van der Waals surface area contributed by atoms with Crippen LogP contribution >= 0.6 is 0 Å². The van der Waals surface area contributed by atoms with Crippen LogP contribution in [0.2, 0.25) is 0 Å². The molecular weight excluding hydrogens is 620 g/mol. The number of nitrogens with zero attached hydrogens (tertiary/aromatic N) is 7. The number of rotatable bonds is 8. The van der Waals surface area contributed by atoms with E-state index in [1.54, 1.807) is 69.3 Å². The number of hydrogen-bond acceptors (Lipinski definition) is 10. The van der Waals surface area contributed by atoms with Gasteiger partial charge in [0.1, 0.15) is 4.90 Å². The Labute approximate surface area is 270 Å². The largest absolute Gasteiger partial charge is 0.369 e. The molecule has 5 aromatic rings. The number of hydrogen-bond donors (Lipinski definition) is 3. The van der Waals surface area contributed by atoms with Gasteiger partial charge in [-0.25, -0.2) is 9.69 Å². The van der Waals surface area contributed by atoms with Crippen LogP contribution < -0.4 is 10.6 Å². The number of anilines is 1. The van der Waals surface area contributed by atoms with Crippen molar-refractivity contribution in [3.8, 4) is 16.8 Å². The summed E-state index contributed by atoms with van der Waals surface area (Å²) in [4.78, 5) is 12.6. The number of H-pyrrole nitrogens is 1. The van der Waals surface area contributed by atoms with E-state index >= 15 is 0 Å². The topological polar surface area (TPSA) is 177 Å².